The zero-order chi connectivity index (χ0) is 15.7. The van der Waals surface area contributed by atoms with Gasteiger partial charge < -0.3 is 15.0 Å². The number of rotatable bonds is 10. The first-order valence-corrected chi connectivity index (χ1v) is 8.14. The molecule has 2 atom stereocenters. The molecule has 0 aliphatic heterocycles. The lowest BCUT2D eigenvalue weighted by Gasteiger charge is -2.27. The van der Waals surface area contributed by atoms with Crippen LogP contribution in [0, 0.1) is 0 Å². The van der Waals surface area contributed by atoms with Crippen LogP contribution in [0.25, 0.3) is 0 Å². The van der Waals surface area contributed by atoms with Crippen LogP contribution in [0.2, 0.25) is 5.02 Å². The van der Waals surface area contributed by atoms with Crippen molar-refractivity contribution >= 4 is 11.6 Å². The van der Waals surface area contributed by atoms with E-state index in [1.165, 1.54) is 5.56 Å². The molecule has 0 saturated heterocycles. The summed E-state index contributed by atoms with van der Waals surface area (Å²) >= 11 is 5.98. The molecule has 4 heteroatoms. The highest BCUT2D eigenvalue weighted by molar-refractivity contribution is 6.30. The number of benzene rings is 1. The fraction of sp³-hybridized carbons (Fsp3) is 0.647. The van der Waals surface area contributed by atoms with Gasteiger partial charge in [0.05, 0.1) is 6.61 Å². The topological polar surface area (TPSA) is 24.5 Å². The van der Waals surface area contributed by atoms with Crippen molar-refractivity contribution in [3.05, 3.63) is 34.9 Å². The quantitative estimate of drug-likeness (QED) is 0.712. The molecule has 0 aromatic heterocycles. The molecule has 0 amide bonds. The minimum Gasteiger partial charge on any atom is -0.383 e. The van der Waals surface area contributed by atoms with E-state index in [9.17, 15) is 0 Å². The molecule has 0 spiro atoms. The molecule has 0 bridgehead atoms. The second kappa shape index (κ2) is 10.2. The second-order valence-corrected chi connectivity index (χ2v) is 6.07. The van der Waals surface area contributed by atoms with Crippen molar-refractivity contribution in [2.45, 2.75) is 38.8 Å². The van der Waals surface area contributed by atoms with Crippen molar-refractivity contribution in [2.75, 3.05) is 33.9 Å². The monoisotopic (exact) mass is 312 g/mol. The van der Waals surface area contributed by atoms with Gasteiger partial charge in [-0.2, -0.15) is 0 Å². The summed E-state index contributed by atoms with van der Waals surface area (Å²) in [6, 6.07) is 8.98. The number of methoxy groups -OCH3 is 1. The molecule has 3 nitrogen and oxygen atoms in total. The van der Waals surface area contributed by atoms with Crippen LogP contribution >= 0.6 is 11.6 Å². The van der Waals surface area contributed by atoms with E-state index in [1.807, 2.05) is 12.1 Å². The Morgan fingerprint density at radius 2 is 1.95 bits per heavy atom. The minimum absolute atomic E-state index is 0.374. The average Bonchev–Trinajstić information content (AvgIpc) is 2.48. The fourth-order valence-corrected chi connectivity index (χ4v) is 2.45. The van der Waals surface area contributed by atoms with Crippen LogP contribution in [0.5, 0.6) is 0 Å². The molecule has 0 heterocycles. The Labute approximate surface area is 134 Å². The molecule has 21 heavy (non-hydrogen) atoms. The maximum atomic E-state index is 5.98. The zero-order valence-electron chi connectivity index (χ0n) is 13.7. The van der Waals surface area contributed by atoms with Gasteiger partial charge in [0.25, 0.3) is 0 Å². The Morgan fingerprint density at radius 3 is 2.52 bits per heavy atom. The van der Waals surface area contributed by atoms with Crippen molar-refractivity contribution in [3.63, 3.8) is 0 Å². The van der Waals surface area contributed by atoms with Crippen LogP contribution in [-0.2, 0) is 4.74 Å². The predicted octanol–water partition coefficient (Wildman–Crippen LogP) is 3.74. The van der Waals surface area contributed by atoms with Crippen molar-refractivity contribution in [3.8, 4) is 0 Å². The largest absolute Gasteiger partial charge is 0.383 e. The Hall–Kier alpha value is -0.610. The number of nitrogens with one attached hydrogen (secondary N) is 1. The molecule has 1 rings (SSSR count). The number of halogens is 1. The highest BCUT2D eigenvalue weighted by Crippen LogP contribution is 2.20. The summed E-state index contributed by atoms with van der Waals surface area (Å²) in [6.07, 6.45) is 2.21. The van der Waals surface area contributed by atoms with E-state index in [0.717, 1.165) is 37.6 Å². The van der Waals surface area contributed by atoms with Gasteiger partial charge in [0, 0.05) is 30.8 Å². The van der Waals surface area contributed by atoms with E-state index >= 15 is 0 Å². The maximum absolute atomic E-state index is 5.98. The third kappa shape index (κ3) is 6.79. The summed E-state index contributed by atoms with van der Waals surface area (Å²) in [7, 11) is 3.91. The van der Waals surface area contributed by atoms with Gasteiger partial charge in [0.2, 0.25) is 0 Å². The van der Waals surface area contributed by atoms with E-state index in [0.29, 0.717) is 12.1 Å². The molecule has 1 aromatic rings. The van der Waals surface area contributed by atoms with Gasteiger partial charge in [-0.3, -0.25) is 0 Å². The Bertz CT molecular complexity index is 383. The van der Waals surface area contributed by atoms with E-state index in [1.54, 1.807) is 7.11 Å². The molecular weight excluding hydrogens is 284 g/mol. The normalized spacial score (nSPS) is 14.4. The Kier molecular flexibility index (Phi) is 8.93. The first kappa shape index (κ1) is 18.4. The van der Waals surface area contributed by atoms with Crippen LogP contribution in [0.1, 0.15) is 38.3 Å². The Morgan fingerprint density at radius 1 is 1.29 bits per heavy atom. The van der Waals surface area contributed by atoms with Crippen molar-refractivity contribution in [1.82, 2.24) is 10.2 Å². The first-order chi connectivity index (χ1) is 10.1. The number of hydrogen-bond donors (Lipinski definition) is 1. The van der Waals surface area contributed by atoms with E-state index in [2.05, 4.69) is 43.2 Å². The standard InChI is InChI=1S/C17H29ClN2O/c1-5-11-19-17(15-6-8-16(18)9-7-15)10-12-20(3)14(2)13-21-4/h6-9,14,17,19H,5,10-13H2,1-4H3. The molecule has 0 fully saturated rings. The van der Waals surface area contributed by atoms with E-state index in [-0.39, 0.29) is 0 Å². The maximum Gasteiger partial charge on any atom is 0.0615 e. The lowest BCUT2D eigenvalue weighted by Crippen LogP contribution is -2.35. The first-order valence-electron chi connectivity index (χ1n) is 7.76. The molecule has 0 aliphatic carbocycles. The fourth-order valence-electron chi connectivity index (χ4n) is 2.32. The molecule has 1 N–H and O–H groups in total. The third-order valence-corrected chi connectivity index (χ3v) is 4.10. The van der Waals surface area contributed by atoms with Crippen LogP contribution < -0.4 is 5.32 Å². The molecule has 0 aliphatic rings. The molecule has 0 radical (unpaired) electrons. The van der Waals surface area contributed by atoms with Gasteiger partial charge in [-0.1, -0.05) is 30.7 Å². The molecule has 0 saturated carbocycles. The van der Waals surface area contributed by atoms with Gasteiger partial charge in [-0.05, 0) is 51.1 Å². The summed E-state index contributed by atoms with van der Waals surface area (Å²) in [5, 5.41) is 4.42. The Balaban J connectivity index is 2.59. The highest BCUT2D eigenvalue weighted by Gasteiger charge is 2.14. The summed E-state index contributed by atoms with van der Waals surface area (Å²) in [6.45, 7) is 7.22. The summed E-state index contributed by atoms with van der Waals surface area (Å²) < 4.78 is 5.22. The number of likely N-dealkylation sites (N-methyl/N-ethyl adjacent to an activating group) is 1. The van der Waals surface area contributed by atoms with Gasteiger partial charge in [0.15, 0.2) is 0 Å². The van der Waals surface area contributed by atoms with Crippen molar-refractivity contribution in [1.29, 1.82) is 0 Å². The van der Waals surface area contributed by atoms with Gasteiger partial charge in [-0.15, -0.1) is 0 Å². The van der Waals surface area contributed by atoms with Crippen LogP contribution in [0.4, 0.5) is 0 Å². The average molecular weight is 313 g/mol. The zero-order valence-corrected chi connectivity index (χ0v) is 14.5. The van der Waals surface area contributed by atoms with Crippen molar-refractivity contribution < 1.29 is 4.74 Å². The minimum atomic E-state index is 0.374. The van der Waals surface area contributed by atoms with E-state index < -0.39 is 0 Å². The second-order valence-electron chi connectivity index (χ2n) is 5.63. The van der Waals surface area contributed by atoms with Crippen LogP contribution in [-0.4, -0.2) is 44.8 Å². The summed E-state index contributed by atoms with van der Waals surface area (Å²) in [5.74, 6) is 0. The predicted molar refractivity (Wildman–Crippen MR) is 91.1 cm³/mol. The molecular formula is C17H29ClN2O. The van der Waals surface area contributed by atoms with Crippen molar-refractivity contribution in [2.24, 2.45) is 0 Å². The highest BCUT2D eigenvalue weighted by atomic mass is 35.5. The summed E-state index contributed by atoms with van der Waals surface area (Å²) in [4.78, 5) is 2.35. The lowest BCUT2D eigenvalue weighted by molar-refractivity contribution is 0.113. The third-order valence-electron chi connectivity index (χ3n) is 3.84. The molecule has 1 aromatic carbocycles. The van der Waals surface area contributed by atoms with Gasteiger partial charge >= 0.3 is 0 Å². The lowest BCUT2D eigenvalue weighted by atomic mass is 10.0. The van der Waals surface area contributed by atoms with Crippen LogP contribution in [0.15, 0.2) is 24.3 Å². The molecule has 2 unspecified atom stereocenters. The van der Waals surface area contributed by atoms with Gasteiger partial charge in [0.1, 0.15) is 0 Å². The smallest absolute Gasteiger partial charge is 0.0615 e. The van der Waals surface area contributed by atoms with Crippen LogP contribution in [0.3, 0.4) is 0 Å². The number of ether oxygens (including phenoxy) is 1. The number of hydrogen-bond acceptors (Lipinski definition) is 3. The van der Waals surface area contributed by atoms with Gasteiger partial charge in [-0.25, -0.2) is 0 Å². The summed E-state index contributed by atoms with van der Waals surface area (Å²) in [5.41, 5.74) is 1.31. The van der Waals surface area contributed by atoms with E-state index in [4.69, 9.17) is 16.3 Å². The SMILES string of the molecule is CCCNC(CCN(C)C(C)COC)c1ccc(Cl)cc1. The number of nitrogens with zero attached hydrogens (tertiary/aromatic N) is 1. The molecule has 120 valence electrons.